The van der Waals surface area contributed by atoms with Crippen LogP contribution in [0.15, 0.2) is 16.5 Å². The average molecular weight is 319 g/mol. The Kier molecular flexibility index (Phi) is 4.82. The lowest BCUT2D eigenvalue weighted by Crippen LogP contribution is -2.41. The normalized spacial score (nSPS) is 12.0. The molecule has 1 aromatic heterocycles. The van der Waals surface area contributed by atoms with Gasteiger partial charge in [-0.3, -0.25) is 4.79 Å². The topological polar surface area (TPSA) is 73.9 Å². The van der Waals surface area contributed by atoms with Crippen molar-refractivity contribution in [1.29, 1.82) is 0 Å². The zero-order valence-corrected chi connectivity index (χ0v) is 14.4. The number of amides is 1. The van der Waals surface area contributed by atoms with Crippen molar-refractivity contribution in [1.82, 2.24) is 4.90 Å². The molecular formula is C18H25NO4. The van der Waals surface area contributed by atoms with Gasteiger partial charge in [-0.2, -0.15) is 0 Å². The van der Waals surface area contributed by atoms with E-state index in [1.165, 1.54) is 4.90 Å². The molecule has 0 unspecified atom stereocenters. The van der Waals surface area contributed by atoms with E-state index in [4.69, 9.17) is 4.42 Å². The van der Waals surface area contributed by atoms with Crippen LogP contribution in [0.4, 0.5) is 0 Å². The molecule has 1 amide bonds. The highest BCUT2D eigenvalue weighted by atomic mass is 16.3. The first-order valence-electron chi connectivity index (χ1n) is 7.70. The number of furan rings is 1. The molecule has 0 saturated carbocycles. The molecule has 5 nitrogen and oxygen atoms in total. The van der Waals surface area contributed by atoms with Crippen LogP contribution in [0.3, 0.4) is 0 Å². The molecule has 0 spiro atoms. The van der Waals surface area contributed by atoms with E-state index >= 15 is 0 Å². The van der Waals surface area contributed by atoms with E-state index in [2.05, 4.69) is 0 Å². The second-order valence-corrected chi connectivity index (χ2v) is 6.75. The number of hydrogen-bond donors (Lipinski definition) is 2. The molecule has 0 aliphatic carbocycles. The van der Waals surface area contributed by atoms with Crippen LogP contribution in [0, 0.1) is 26.2 Å². The van der Waals surface area contributed by atoms with Crippen molar-refractivity contribution >= 4 is 16.9 Å². The van der Waals surface area contributed by atoms with Gasteiger partial charge in [0.25, 0.3) is 5.91 Å². The predicted octanol–water partition coefficient (Wildman–Crippen LogP) is 2.42. The summed E-state index contributed by atoms with van der Waals surface area (Å²) in [5, 5.41) is 19.8. The number of aliphatic hydroxyl groups excluding tert-OH is 2. The summed E-state index contributed by atoms with van der Waals surface area (Å²) < 4.78 is 5.86. The molecule has 0 saturated heterocycles. The van der Waals surface area contributed by atoms with Crippen LogP contribution in [-0.2, 0) is 0 Å². The van der Waals surface area contributed by atoms with E-state index in [9.17, 15) is 15.0 Å². The molecule has 0 fully saturated rings. The lowest BCUT2D eigenvalue weighted by molar-refractivity contribution is 0.0352. The maximum Gasteiger partial charge on any atom is 0.289 e. The minimum absolute atomic E-state index is 0.196. The van der Waals surface area contributed by atoms with Gasteiger partial charge in [0.15, 0.2) is 5.76 Å². The fraction of sp³-hybridized carbons (Fsp3) is 0.500. The van der Waals surface area contributed by atoms with Gasteiger partial charge in [0.1, 0.15) is 5.58 Å². The molecule has 0 bridgehead atoms. The van der Waals surface area contributed by atoms with E-state index in [-0.39, 0.29) is 25.7 Å². The third-order valence-corrected chi connectivity index (χ3v) is 4.41. The van der Waals surface area contributed by atoms with Crippen LogP contribution in [0.5, 0.6) is 0 Å². The Bertz CT molecular complexity index is 728. The molecule has 0 radical (unpaired) electrons. The molecule has 2 rings (SSSR count). The lowest BCUT2D eigenvalue weighted by atomic mass is 9.92. The van der Waals surface area contributed by atoms with Crippen molar-refractivity contribution in [3.63, 3.8) is 0 Å². The number of aliphatic hydroxyl groups is 2. The first-order valence-corrected chi connectivity index (χ1v) is 7.70. The van der Waals surface area contributed by atoms with Gasteiger partial charge in [-0.05, 0) is 31.9 Å². The Morgan fingerprint density at radius 1 is 1.17 bits per heavy atom. The summed E-state index contributed by atoms with van der Waals surface area (Å²) in [6.07, 6.45) is 0. The summed E-state index contributed by atoms with van der Waals surface area (Å²) >= 11 is 0. The molecule has 2 aromatic rings. The Balaban J connectivity index is 2.40. The third-order valence-electron chi connectivity index (χ3n) is 4.41. The highest BCUT2D eigenvalue weighted by molar-refractivity contribution is 6.00. The molecule has 0 aliphatic heterocycles. The number of carbonyl (C=O) groups is 1. The van der Waals surface area contributed by atoms with Crippen LogP contribution in [0.2, 0.25) is 0 Å². The number of aryl methyl sites for hydroxylation is 3. The van der Waals surface area contributed by atoms with Crippen molar-refractivity contribution in [3.05, 3.63) is 34.6 Å². The molecule has 1 aromatic carbocycles. The SMILES string of the molecule is Cc1ccc(C)c2c(C)c(C(=O)N(C)CC(C)(CO)CO)oc12. The van der Waals surface area contributed by atoms with Crippen molar-refractivity contribution < 1.29 is 19.4 Å². The van der Waals surface area contributed by atoms with E-state index in [0.29, 0.717) is 5.76 Å². The summed E-state index contributed by atoms with van der Waals surface area (Å²) in [4.78, 5) is 14.2. The largest absolute Gasteiger partial charge is 0.450 e. The van der Waals surface area contributed by atoms with E-state index in [1.807, 2.05) is 32.9 Å². The monoisotopic (exact) mass is 319 g/mol. The standard InChI is InChI=1S/C18H25NO4/c1-11-6-7-12(2)15-14(11)13(3)16(23-15)17(22)19(5)8-18(4,9-20)10-21/h6-7,20-21H,8-10H2,1-5H3. The van der Waals surface area contributed by atoms with Crippen molar-refractivity contribution in [3.8, 4) is 0 Å². The second kappa shape index (κ2) is 6.34. The van der Waals surface area contributed by atoms with Crippen molar-refractivity contribution in [2.45, 2.75) is 27.7 Å². The number of nitrogens with zero attached hydrogens (tertiary/aromatic N) is 1. The van der Waals surface area contributed by atoms with Crippen LogP contribution >= 0.6 is 0 Å². The highest BCUT2D eigenvalue weighted by Gasteiger charge is 2.29. The van der Waals surface area contributed by atoms with Crippen LogP contribution in [0.1, 0.15) is 34.2 Å². The molecule has 1 heterocycles. The molecule has 5 heteroatoms. The minimum atomic E-state index is -0.740. The van der Waals surface area contributed by atoms with Crippen molar-refractivity contribution in [2.75, 3.05) is 26.8 Å². The summed E-state index contributed by atoms with van der Waals surface area (Å²) in [6, 6.07) is 4.00. The molecule has 2 N–H and O–H groups in total. The van der Waals surface area contributed by atoms with Crippen molar-refractivity contribution in [2.24, 2.45) is 5.41 Å². The van der Waals surface area contributed by atoms with Gasteiger partial charge < -0.3 is 19.5 Å². The maximum atomic E-state index is 12.7. The van der Waals surface area contributed by atoms with E-state index in [1.54, 1.807) is 14.0 Å². The Labute approximate surface area is 136 Å². The first kappa shape index (κ1) is 17.5. The highest BCUT2D eigenvalue weighted by Crippen LogP contribution is 2.31. The average Bonchev–Trinajstić information content (AvgIpc) is 2.88. The zero-order valence-electron chi connectivity index (χ0n) is 14.4. The number of carbonyl (C=O) groups excluding carboxylic acids is 1. The molecule has 0 atom stereocenters. The van der Waals surface area contributed by atoms with Crippen LogP contribution in [0.25, 0.3) is 11.0 Å². The van der Waals surface area contributed by atoms with Gasteiger partial charge in [0.05, 0.1) is 13.2 Å². The number of fused-ring (bicyclic) bond motifs is 1. The van der Waals surface area contributed by atoms with Crippen LogP contribution < -0.4 is 0 Å². The summed E-state index contributed by atoms with van der Waals surface area (Å²) in [7, 11) is 1.65. The molecule has 0 aliphatic rings. The van der Waals surface area contributed by atoms with Gasteiger partial charge in [0, 0.05) is 30.0 Å². The van der Waals surface area contributed by atoms with E-state index in [0.717, 1.165) is 27.7 Å². The second-order valence-electron chi connectivity index (χ2n) is 6.75. The van der Waals surface area contributed by atoms with Crippen LogP contribution in [-0.4, -0.2) is 47.8 Å². The number of benzene rings is 1. The fourth-order valence-corrected chi connectivity index (χ4v) is 2.85. The molecule has 23 heavy (non-hydrogen) atoms. The number of rotatable bonds is 5. The van der Waals surface area contributed by atoms with Gasteiger partial charge >= 0.3 is 0 Å². The van der Waals surface area contributed by atoms with Gasteiger partial charge in [-0.15, -0.1) is 0 Å². The summed E-state index contributed by atoms with van der Waals surface area (Å²) in [5.74, 6) is 0.0729. The summed E-state index contributed by atoms with van der Waals surface area (Å²) in [6.45, 7) is 7.42. The Morgan fingerprint density at radius 2 is 1.74 bits per heavy atom. The zero-order chi connectivity index (χ0) is 17.4. The smallest absolute Gasteiger partial charge is 0.289 e. The summed E-state index contributed by atoms with van der Waals surface area (Å²) in [5.41, 5.74) is 2.89. The molecule has 126 valence electrons. The quantitative estimate of drug-likeness (QED) is 0.887. The Morgan fingerprint density at radius 3 is 2.26 bits per heavy atom. The number of hydrogen-bond acceptors (Lipinski definition) is 4. The fourth-order valence-electron chi connectivity index (χ4n) is 2.85. The predicted molar refractivity (Wildman–Crippen MR) is 89.7 cm³/mol. The van der Waals surface area contributed by atoms with Gasteiger partial charge in [-0.25, -0.2) is 0 Å². The first-order chi connectivity index (χ1) is 10.7. The minimum Gasteiger partial charge on any atom is -0.450 e. The third kappa shape index (κ3) is 3.12. The Hall–Kier alpha value is -1.85. The van der Waals surface area contributed by atoms with Gasteiger partial charge in [0.2, 0.25) is 0 Å². The van der Waals surface area contributed by atoms with Gasteiger partial charge in [-0.1, -0.05) is 19.1 Å². The van der Waals surface area contributed by atoms with E-state index < -0.39 is 5.41 Å². The molecular weight excluding hydrogens is 294 g/mol. The lowest BCUT2D eigenvalue weighted by Gasteiger charge is -2.30. The maximum absolute atomic E-state index is 12.7.